The monoisotopic (exact) mass is 1470 g/mol. The van der Waals surface area contributed by atoms with Gasteiger partial charge in [-0.15, -0.1) is 0 Å². The molecule has 552 valence electrons. The van der Waals surface area contributed by atoms with Gasteiger partial charge in [0.1, 0.15) is 33.5 Å². The van der Waals surface area contributed by atoms with Crippen molar-refractivity contribution in [3.63, 3.8) is 0 Å². The Hall–Kier alpha value is -12.9. The van der Waals surface area contributed by atoms with Gasteiger partial charge in [-0.3, -0.25) is 0 Å². The van der Waals surface area contributed by atoms with E-state index in [1.807, 2.05) is 6.07 Å². The van der Waals surface area contributed by atoms with Gasteiger partial charge in [0, 0.05) is 98.1 Å². The molecular formula is C108H87N3O3. The Kier molecular flexibility index (Phi) is 14.2. The average molecular weight is 1470 g/mol. The number of hydrogen-bond acceptors (Lipinski definition) is 3. The molecule has 0 atom stereocenters. The van der Waals surface area contributed by atoms with Crippen molar-refractivity contribution < 1.29 is 13.3 Å². The highest BCUT2D eigenvalue weighted by Crippen LogP contribution is 2.61. The van der Waals surface area contributed by atoms with E-state index >= 15 is 0 Å². The summed E-state index contributed by atoms with van der Waals surface area (Å²) < 4.78 is 26.5. The van der Waals surface area contributed by atoms with Gasteiger partial charge in [0.2, 0.25) is 0 Å². The lowest BCUT2D eigenvalue weighted by molar-refractivity contribution is 0.299. The van der Waals surface area contributed by atoms with Crippen molar-refractivity contribution in [1.82, 2.24) is 13.7 Å². The first kappa shape index (κ1) is 67.9. The molecule has 24 rings (SSSR count). The van der Waals surface area contributed by atoms with E-state index in [-0.39, 0.29) is 32.5 Å². The number of furan rings is 3. The van der Waals surface area contributed by atoms with Crippen LogP contribution in [0.2, 0.25) is 0 Å². The summed E-state index contributed by atoms with van der Waals surface area (Å²) in [5.41, 5.74) is 32.3. The lowest BCUT2D eigenvalue weighted by Gasteiger charge is -2.48. The van der Waals surface area contributed by atoms with Crippen molar-refractivity contribution in [3.8, 4) is 50.4 Å². The van der Waals surface area contributed by atoms with Crippen LogP contribution in [0.1, 0.15) is 116 Å². The maximum absolute atomic E-state index is 6.57. The topological polar surface area (TPSA) is 54.2 Å². The summed E-state index contributed by atoms with van der Waals surface area (Å²) in [5, 5.41) is 15.0. The Balaban J connectivity index is 0.000000104. The number of fused-ring (bicyclic) bond motifs is 29. The average Bonchev–Trinajstić information content (AvgIpc) is 1.02. The van der Waals surface area contributed by atoms with Crippen LogP contribution in [0, 0.1) is 0 Å². The van der Waals surface area contributed by atoms with Gasteiger partial charge >= 0.3 is 0 Å². The minimum absolute atomic E-state index is 0.0935. The van der Waals surface area contributed by atoms with Crippen molar-refractivity contribution in [2.75, 3.05) is 0 Å². The molecule has 0 radical (unpaired) electrons. The van der Waals surface area contributed by atoms with E-state index in [4.69, 9.17) is 13.3 Å². The summed E-state index contributed by atoms with van der Waals surface area (Å²) in [6.45, 7) is 28.7. The van der Waals surface area contributed by atoms with Crippen molar-refractivity contribution in [3.05, 3.63) is 343 Å². The molecule has 21 aromatic rings. The Morgan fingerprint density at radius 1 is 0.193 bits per heavy atom. The van der Waals surface area contributed by atoms with Gasteiger partial charge in [-0.1, -0.05) is 277 Å². The van der Waals surface area contributed by atoms with Crippen molar-refractivity contribution in [2.24, 2.45) is 0 Å². The second-order valence-corrected chi connectivity index (χ2v) is 35.5. The Morgan fingerprint density at radius 3 is 0.921 bits per heavy atom. The number of hydrogen-bond donors (Lipinski definition) is 0. The molecule has 6 heterocycles. The maximum Gasteiger partial charge on any atom is 0.139 e. The molecule has 0 saturated carbocycles. The van der Waals surface area contributed by atoms with Crippen molar-refractivity contribution in [1.29, 1.82) is 0 Å². The third-order valence-corrected chi connectivity index (χ3v) is 28.6. The Labute approximate surface area is 662 Å². The zero-order valence-electron chi connectivity index (χ0n) is 66.5. The molecule has 3 aliphatic carbocycles. The molecule has 114 heavy (non-hydrogen) atoms. The predicted molar refractivity (Wildman–Crippen MR) is 479 cm³/mol. The molecule has 0 fully saturated rings. The van der Waals surface area contributed by atoms with Crippen LogP contribution in [0.4, 0.5) is 0 Å². The standard InChI is InChI=1S/3C36H29NO/c1-35(2)29-19-22(37-31-14-8-5-11-24(31)25-12-6-9-15-32(25)37)17-18-23(29)27-20-28-26-13-7-10-16-33(26)38-34(28)21-30(27)36(35,3)4;1-35(2)28-21-22(37-29-14-8-5-11-24(29)25-12-6-9-15-30(25)37)17-18-23(28)26-19-20-32-33(34(26)36(35,3)4)27-13-7-10-16-31(27)38-32;1-35(2)29-21-22(37-30-14-8-5-11-24(30)25-12-6-9-15-31(25)37)17-18-23(29)27-19-20-28-26-13-7-10-16-32(26)38-34(28)33(27)36(35,3)4/h3*5-21H,1-4H3. The minimum atomic E-state index is -0.151. The number of aromatic nitrogens is 3. The number of benzene rings is 15. The van der Waals surface area contributed by atoms with Crippen LogP contribution in [0.15, 0.2) is 323 Å². The van der Waals surface area contributed by atoms with E-state index < -0.39 is 0 Å². The molecule has 0 amide bonds. The van der Waals surface area contributed by atoms with Gasteiger partial charge in [0.05, 0.1) is 33.1 Å². The molecule has 6 aromatic heterocycles. The highest BCUT2D eigenvalue weighted by molar-refractivity contribution is 6.15. The Bertz CT molecular complexity index is 7370. The second kappa shape index (κ2) is 23.8. The number of rotatable bonds is 3. The molecule has 15 aromatic carbocycles. The van der Waals surface area contributed by atoms with E-state index in [2.05, 4.69) is 400 Å². The first-order valence-electron chi connectivity index (χ1n) is 40.4. The van der Waals surface area contributed by atoms with E-state index in [0.717, 1.165) is 33.5 Å². The molecule has 0 spiro atoms. The van der Waals surface area contributed by atoms with Gasteiger partial charge in [-0.05, 0) is 198 Å². The fraction of sp³-hybridized carbons (Fsp3) is 0.167. The third kappa shape index (κ3) is 9.19. The van der Waals surface area contributed by atoms with Gasteiger partial charge < -0.3 is 27.0 Å². The summed E-state index contributed by atoms with van der Waals surface area (Å²) in [6.07, 6.45) is 0. The highest BCUT2D eigenvalue weighted by atomic mass is 16.3. The van der Waals surface area contributed by atoms with Gasteiger partial charge in [-0.2, -0.15) is 0 Å². The summed E-state index contributed by atoms with van der Waals surface area (Å²) in [6, 6.07) is 113. The summed E-state index contributed by atoms with van der Waals surface area (Å²) in [7, 11) is 0. The van der Waals surface area contributed by atoms with Crippen LogP contribution in [0.5, 0.6) is 0 Å². The van der Waals surface area contributed by atoms with E-state index in [0.29, 0.717) is 0 Å². The van der Waals surface area contributed by atoms with Crippen LogP contribution in [-0.2, 0) is 32.5 Å². The van der Waals surface area contributed by atoms with Crippen molar-refractivity contribution in [2.45, 2.75) is 116 Å². The van der Waals surface area contributed by atoms with Crippen LogP contribution >= 0.6 is 0 Å². The molecule has 0 saturated heterocycles. The SMILES string of the molecule is CC1(C)c2cc(-n3c4ccccc4c4ccccc43)ccc2-c2cc3c(cc2C1(C)C)oc1ccccc13.CC1(C)c2cc(-n3c4ccccc4c4ccccc43)ccc2-c2ccc3c(oc4ccccc43)c2C1(C)C.CC1(C)c2cc(-n3c4ccccc4c4ccccc43)ccc2-c2ccc3oc4ccccc4c3c2C1(C)C. The molecular weight excluding hydrogens is 1390 g/mol. The molecule has 6 nitrogen and oxygen atoms in total. The van der Waals surface area contributed by atoms with Crippen LogP contribution in [0.3, 0.4) is 0 Å². The Morgan fingerprint density at radius 2 is 0.491 bits per heavy atom. The van der Waals surface area contributed by atoms with E-state index in [1.54, 1.807) is 0 Å². The summed E-state index contributed by atoms with van der Waals surface area (Å²) in [4.78, 5) is 0. The zero-order valence-corrected chi connectivity index (χ0v) is 66.5. The highest BCUT2D eigenvalue weighted by Gasteiger charge is 2.51. The quantitative estimate of drug-likeness (QED) is 0.177. The molecule has 3 aliphatic rings. The lowest BCUT2D eigenvalue weighted by Crippen LogP contribution is -2.43. The molecule has 0 unspecified atom stereocenters. The lowest BCUT2D eigenvalue weighted by atomic mass is 9.55. The fourth-order valence-corrected chi connectivity index (χ4v) is 20.7. The predicted octanol–water partition coefficient (Wildman–Crippen LogP) is 29.8. The van der Waals surface area contributed by atoms with Gasteiger partial charge in [0.25, 0.3) is 0 Å². The van der Waals surface area contributed by atoms with E-state index in [1.165, 1.54) is 182 Å². The molecule has 0 bridgehead atoms. The number of para-hydroxylation sites is 9. The molecule has 0 N–H and O–H groups in total. The first-order chi connectivity index (χ1) is 55.1. The molecule has 6 heteroatoms. The van der Waals surface area contributed by atoms with Gasteiger partial charge in [0.15, 0.2) is 0 Å². The minimum Gasteiger partial charge on any atom is -0.456 e. The molecule has 0 aliphatic heterocycles. The van der Waals surface area contributed by atoms with Crippen LogP contribution in [-0.4, -0.2) is 13.7 Å². The van der Waals surface area contributed by atoms with E-state index in [9.17, 15) is 0 Å². The van der Waals surface area contributed by atoms with Crippen LogP contribution < -0.4 is 0 Å². The first-order valence-corrected chi connectivity index (χ1v) is 40.4. The van der Waals surface area contributed by atoms with Crippen molar-refractivity contribution >= 4 is 131 Å². The largest absolute Gasteiger partial charge is 0.456 e. The fourth-order valence-electron chi connectivity index (χ4n) is 20.7. The smallest absolute Gasteiger partial charge is 0.139 e. The number of nitrogens with zero attached hydrogens (tertiary/aromatic N) is 3. The zero-order chi connectivity index (χ0) is 77.4. The summed E-state index contributed by atoms with van der Waals surface area (Å²) in [5.74, 6) is 0. The third-order valence-electron chi connectivity index (χ3n) is 28.6. The normalized spacial score (nSPS) is 15.8. The summed E-state index contributed by atoms with van der Waals surface area (Å²) >= 11 is 0. The van der Waals surface area contributed by atoms with Gasteiger partial charge in [-0.25, -0.2) is 0 Å². The van der Waals surface area contributed by atoms with Crippen LogP contribution in [0.25, 0.3) is 182 Å². The second-order valence-electron chi connectivity index (χ2n) is 35.5. The maximum atomic E-state index is 6.57.